The molecule has 184 valence electrons. The normalized spacial score (nSPS) is 26.6. The molecule has 0 aromatic heterocycles. The van der Waals surface area contributed by atoms with E-state index >= 15 is 0 Å². The maximum atomic E-state index is 11.0. The minimum atomic E-state index is -2.23. The van der Waals surface area contributed by atoms with Gasteiger partial charge in [-0.05, 0) is 101 Å². The van der Waals surface area contributed by atoms with Crippen molar-refractivity contribution in [1.29, 1.82) is 0 Å². The first kappa shape index (κ1) is 25.7. The number of aromatic hydroxyl groups is 1. The van der Waals surface area contributed by atoms with Gasteiger partial charge in [-0.25, -0.2) is 0 Å². The third-order valence-electron chi connectivity index (χ3n) is 8.85. The van der Waals surface area contributed by atoms with E-state index in [2.05, 4.69) is 64.1 Å². The van der Waals surface area contributed by atoms with Crippen molar-refractivity contribution >= 4 is 48.3 Å². The highest BCUT2D eigenvalue weighted by Gasteiger charge is 2.49. The maximum absolute atomic E-state index is 11.0. The van der Waals surface area contributed by atoms with Gasteiger partial charge in [-0.1, -0.05) is 53.1 Å². The molecule has 4 aliphatic rings. The third kappa shape index (κ3) is 4.26. The number of hydrogen-bond acceptors (Lipinski definition) is 3. The Morgan fingerprint density at radius 2 is 1.45 bits per heavy atom. The van der Waals surface area contributed by atoms with Crippen LogP contribution in [-0.4, -0.2) is 20.5 Å². The van der Waals surface area contributed by atoms with E-state index in [1.165, 1.54) is 37.7 Å². The van der Waals surface area contributed by atoms with Crippen LogP contribution in [0, 0.1) is 27.2 Å². The summed E-state index contributed by atoms with van der Waals surface area (Å²) in [6.45, 7) is 13.6. The van der Waals surface area contributed by atoms with Gasteiger partial charge in [0.15, 0.2) is 0 Å². The predicted molar refractivity (Wildman–Crippen MR) is 148 cm³/mol. The lowest BCUT2D eigenvalue weighted by Gasteiger charge is -2.51. The van der Waals surface area contributed by atoms with E-state index in [9.17, 15) is 5.11 Å². The van der Waals surface area contributed by atoms with E-state index in [1.54, 1.807) is 13.2 Å². The Balaban J connectivity index is 1.85. The van der Waals surface area contributed by atoms with Crippen molar-refractivity contribution in [3.63, 3.8) is 0 Å². The molecule has 4 aliphatic carbocycles. The second kappa shape index (κ2) is 9.57. The smallest absolute Gasteiger partial charge is 0.258 e. The number of phenols is 1. The highest BCUT2D eigenvalue weighted by atomic mass is 127. The van der Waals surface area contributed by atoms with Crippen molar-refractivity contribution in [2.45, 2.75) is 90.3 Å². The van der Waals surface area contributed by atoms with Crippen LogP contribution in [-0.2, 0) is 4.74 Å². The zero-order valence-corrected chi connectivity index (χ0v) is 25.1. The van der Waals surface area contributed by atoms with Crippen LogP contribution in [0.15, 0.2) is 11.6 Å². The van der Waals surface area contributed by atoms with Crippen LogP contribution in [0.1, 0.15) is 79.2 Å². The Hall–Kier alpha value is -0.403. The average molecular weight is 603 g/mol. The van der Waals surface area contributed by atoms with E-state index in [0.717, 1.165) is 26.7 Å². The number of benzene rings is 1. The average Bonchev–Trinajstić information content (AvgIpc) is 2.72. The van der Waals surface area contributed by atoms with E-state index < -0.39 is 8.32 Å². The Morgan fingerprint density at radius 1 is 0.970 bits per heavy atom. The fraction of sp³-hybridized carbons (Fsp3) is 0.704. The van der Waals surface area contributed by atoms with Crippen LogP contribution in [0.3, 0.4) is 0 Å². The molecule has 0 heterocycles. The third-order valence-corrected chi connectivity index (χ3v) is 16.3. The summed E-state index contributed by atoms with van der Waals surface area (Å²) in [7, 11) is -0.465. The minimum absolute atomic E-state index is 0.225. The molecule has 5 rings (SSSR count). The Bertz CT molecular complexity index is 888. The Morgan fingerprint density at radius 3 is 1.88 bits per heavy atom. The Labute approximate surface area is 219 Å². The fourth-order valence-electron chi connectivity index (χ4n) is 7.84. The van der Waals surface area contributed by atoms with Gasteiger partial charge in [-0.2, -0.15) is 0 Å². The lowest BCUT2D eigenvalue weighted by atomic mass is 9.54. The van der Waals surface area contributed by atoms with Crippen LogP contribution >= 0.6 is 34.2 Å². The number of methoxy groups -OCH3 is 1. The predicted octanol–water partition coefficient (Wildman–Crippen LogP) is 9.02. The second-order valence-electron chi connectivity index (χ2n) is 11.6. The zero-order chi connectivity index (χ0) is 24.2. The molecule has 4 bridgehead atoms. The van der Waals surface area contributed by atoms with Crippen molar-refractivity contribution in [3.05, 3.63) is 25.8 Å². The lowest BCUT2D eigenvalue weighted by molar-refractivity contribution is 0.0675. The number of allylic oxidation sites excluding steroid dienone is 1. The summed E-state index contributed by atoms with van der Waals surface area (Å²) < 4.78 is 13.9. The molecule has 0 spiro atoms. The molecule has 4 saturated carbocycles. The van der Waals surface area contributed by atoms with Gasteiger partial charge in [0.25, 0.3) is 8.32 Å². The molecular formula is C27H40ClIO3Si. The van der Waals surface area contributed by atoms with E-state index in [0.29, 0.717) is 39.2 Å². The largest absolute Gasteiger partial charge is 0.542 e. The summed E-state index contributed by atoms with van der Waals surface area (Å²) in [5, 5.41) is 11.6. The maximum Gasteiger partial charge on any atom is 0.258 e. The highest BCUT2D eigenvalue weighted by molar-refractivity contribution is 14.1. The summed E-state index contributed by atoms with van der Waals surface area (Å²) in [6.07, 6.45) is 6.51. The molecule has 1 aromatic rings. The van der Waals surface area contributed by atoms with Gasteiger partial charge in [0.2, 0.25) is 0 Å². The van der Waals surface area contributed by atoms with Crippen LogP contribution < -0.4 is 4.43 Å². The molecule has 4 fully saturated rings. The summed E-state index contributed by atoms with van der Waals surface area (Å²) >= 11 is 9.38. The van der Waals surface area contributed by atoms with Gasteiger partial charge in [-0.3, -0.25) is 0 Å². The van der Waals surface area contributed by atoms with Crippen LogP contribution in [0.4, 0.5) is 0 Å². The number of halogens is 2. The first-order valence-electron chi connectivity index (χ1n) is 12.7. The molecule has 0 unspecified atom stereocenters. The zero-order valence-electron chi connectivity index (χ0n) is 21.2. The number of phenolic OH excluding ortho intramolecular Hbond substituents is 1. The first-order valence-corrected chi connectivity index (χ1v) is 16.3. The molecule has 1 aromatic carbocycles. The van der Waals surface area contributed by atoms with Crippen molar-refractivity contribution in [2.75, 3.05) is 7.11 Å². The standard InChI is InChI=1S/C27H40ClIO3Si/c1-14(2)33(15(3)4,16(5)6)32-22-13-21(30)26(29)24(25(22)28)27(31-7)23-19-9-17-8-18(11-19)12-20(23)10-17/h13-20,30H,8-12H2,1-7H3. The van der Waals surface area contributed by atoms with Gasteiger partial charge in [-0.15, -0.1) is 0 Å². The number of ether oxygens (including phenoxy) is 1. The van der Waals surface area contributed by atoms with Crippen molar-refractivity contribution < 1.29 is 14.3 Å². The SMILES string of the molecule is COC(=C1C2CC3CC(C2)CC1C3)c1c(Cl)c(O[Si](C(C)C)(C(C)C)C(C)C)cc(O)c1I. The van der Waals surface area contributed by atoms with Crippen molar-refractivity contribution in [3.8, 4) is 11.5 Å². The molecule has 6 heteroatoms. The van der Waals surface area contributed by atoms with Gasteiger partial charge in [0.1, 0.15) is 17.3 Å². The molecule has 0 atom stereocenters. The van der Waals surface area contributed by atoms with E-state index in [-0.39, 0.29) is 5.75 Å². The number of rotatable bonds is 7. The van der Waals surface area contributed by atoms with Crippen LogP contribution in [0.5, 0.6) is 11.5 Å². The van der Waals surface area contributed by atoms with Crippen molar-refractivity contribution in [1.82, 2.24) is 0 Å². The summed E-state index contributed by atoms with van der Waals surface area (Å²) in [6, 6.07) is 1.73. The molecular weight excluding hydrogens is 563 g/mol. The lowest BCUT2D eigenvalue weighted by Crippen LogP contribution is -2.50. The summed E-state index contributed by atoms with van der Waals surface area (Å²) in [5.41, 5.74) is 3.53. The summed E-state index contributed by atoms with van der Waals surface area (Å²) in [5.74, 6) is 4.67. The fourth-order valence-corrected chi connectivity index (χ4v) is 14.3. The molecule has 1 N–H and O–H groups in total. The first-order chi connectivity index (χ1) is 15.5. The topological polar surface area (TPSA) is 38.7 Å². The van der Waals surface area contributed by atoms with E-state index in [1.807, 2.05) is 0 Å². The van der Waals surface area contributed by atoms with Gasteiger partial charge in [0, 0.05) is 6.07 Å². The summed E-state index contributed by atoms with van der Waals surface area (Å²) in [4.78, 5) is 0. The van der Waals surface area contributed by atoms with Crippen molar-refractivity contribution in [2.24, 2.45) is 23.7 Å². The minimum Gasteiger partial charge on any atom is -0.542 e. The number of hydrogen-bond donors (Lipinski definition) is 1. The molecule has 0 saturated heterocycles. The monoisotopic (exact) mass is 602 g/mol. The van der Waals surface area contributed by atoms with Crippen LogP contribution in [0.25, 0.3) is 5.76 Å². The quantitative estimate of drug-likeness (QED) is 0.192. The van der Waals surface area contributed by atoms with E-state index in [4.69, 9.17) is 20.8 Å². The molecule has 3 nitrogen and oxygen atoms in total. The molecule has 0 radical (unpaired) electrons. The van der Waals surface area contributed by atoms with Crippen LogP contribution in [0.2, 0.25) is 21.6 Å². The molecule has 0 amide bonds. The Kier molecular flexibility index (Phi) is 7.45. The highest BCUT2D eigenvalue weighted by Crippen LogP contribution is 2.59. The molecule has 0 aliphatic heterocycles. The van der Waals surface area contributed by atoms with Gasteiger partial charge in [0.05, 0.1) is 21.3 Å². The van der Waals surface area contributed by atoms with Gasteiger partial charge < -0.3 is 14.3 Å². The second-order valence-corrected chi connectivity index (χ2v) is 18.4. The van der Waals surface area contributed by atoms with Gasteiger partial charge >= 0.3 is 0 Å². The molecule has 33 heavy (non-hydrogen) atoms.